The molecule has 1 saturated heterocycles. The van der Waals surface area contributed by atoms with Crippen LogP contribution in [0.4, 0.5) is 5.88 Å². The number of ether oxygens (including phenoxy) is 2. The molecule has 1 aromatic carbocycles. The number of carbonyl (C=O) groups is 1. The Morgan fingerprint density at radius 2 is 2.17 bits per heavy atom. The molecule has 1 aliphatic heterocycles. The van der Waals surface area contributed by atoms with Gasteiger partial charge in [0.1, 0.15) is 6.61 Å². The molecule has 1 aliphatic rings. The molecule has 3 rings (SSSR count). The van der Waals surface area contributed by atoms with E-state index in [9.17, 15) is 4.79 Å². The van der Waals surface area contributed by atoms with Gasteiger partial charge in [-0.05, 0) is 37.0 Å². The second-order valence-electron chi connectivity index (χ2n) is 5.63. The molecule has 1 amide bonds. The maximum Gasteiger partial charge on any atom is 0.252 e. The molecule has 1 fully saturated rings. The minimum Gasteiger partial charge on any atom is -0.376 e. The Hall–Kier alpha value is -1.89. The monoisotopic (exact) mass is 350 g/mol. The molecule has 2 heterocycles. The summed E-state index contributed by atoms with van der Waals surface area (Å²) in [6, 6.07) is 7.20. The van der Waals surface area contributed by atoms with Crippen molar-refractivity contribution in [3.05, 3.63) is 35.5 Å². The third-order valence-corrected chi connectivity index (χ3v) is 4.04. The van der Waals surface area contributed by atoms with Crippen molar-refractivity contribution < 1.29 is 18.8 Å². The quantitative estimate of drug-likeness (QED) is 0.862. The number of amides is 1. The van der Waals surface area contributed by atoms with E-state index < -0.39 is 0 Å². The maximum atomic E-state index is 12.0. The Balaban J connectivity index is 1.51. The van der Waals surface area contributed by atoms with E-state index in [0.29, 0.717) is 23.1 Å². The lowest BCUT2D eigenvalue weighted by molar-refractivity contribution is -0.123. The lowest BCUT2D eigenvalue weighted by atomic mass is 10.1. The van der Waals surface area contributed by atoms with Crippen molar-refractivity contribution in [3.8, 4) is 11.1 Å². The van der Waals surface area contributed by atoms with Crippen LogP contribution in [0.25, 0.3) is 11.1 Å². The summed E-state index contributed by atoms with van der Waals surface area (Å²) < 4.78 is 16.1. The Morgan fingerprint density at radius 3 is 2.92 bits per heavy atom. The van der Waals surface area contributed by atoms with Gasteiger partial charge in [-0.1, -0.05) is 28.9 Å². The number of hydrogen-bond acceptors (Lipinski definition) is 5. The first-order chi connectivity index (χ1) is 11.7. The smallest absolute Gasteiger partial charge is 0.252 e. The van der Waals surface area contributed by atoms with E-state index >= 15 is 0 Å². The van der Waals surface area contributed by atoms with Crippen molar-refractivity contribution in [2.45, 2.75) is 25.4 Å². The number of benzene rings is 1. The summed E-state index contributed by atoms with van der Waals surface area (Å²) in [7, 11) is 0. The summed E-state index contributed by atoms with van der Waals surface area (Å²) in [5.41, 5.74) is 1.54. The fourth-order valence-corrected chi connectivity index (χ4v) is 2.68. The average molecular weight is 351 g/mol. The minimum atomic E-state index is -0.294. The molecular weight excluding hydrogens is 332 g/mol. The third-order valence-electron chi connectivity index (χ3n) is 3.79. The summed E-state index contributed by atoms with van der Waals surface area (Å²) in [6.45, 7) is 1.14. The van der Waals surface area contributed by atoms with Crippen LogP contribution in [0.2, 0.25) is 5.02 Å². The average Bonchev–Trinajstić information content (AvgIpc) is 3.04. The molecule has 0 radical (unpaired) electrons. The van der Waals surface area contributed by atoms with E-state index in [-0.39, 0.29) is 18.6 Å². The molecular formula is C17H19ClN2O4. The van der Waals surface area contributed by atoms with Crippen LogP contribution in [0.3, 0.4) is 0 Å². The zero-order valence-corrected chi connectivity index (χ0v) is 13.9. The zero-order chi connectivity index (χ0) is 16.8. The van der Waals surface area contributed by atoms with E-state index in [1.807, 2.05) is 12.1 Å². The molecule has 1 atom stereocenters. The van der Waals surface area contributed by atoms with Crippen LogP contribution < -0.4 is 5.32 Å². The predicted octanol–water partition coefficient (Wildman–Crippen LogP) is 3.52. The number of carbonyl (C=O) groups excluding carboxylic acids is 1. The molecule has 2 aromatic rings. The predicted molar refractivity (Wildman–Crippen MR) is 90.0 cm³/mol. The fraction of sp³-hybridized carbons (Fsp3) is 0.412. The molecule has 7 heteroatoms. The Bertz CT molecular complexity index is 665. The number of hydrogen-bond donors (Lipinski definition) is 1. The Morgan fingerprint density at radius 1 is 1.33 bits per heavy atom. The van der Waals surface area contributed by atoms with Crippen molar-refractivity contribution in [1.29, 1.82) is 0 Å². The first kappa shape index (κ1) is 17.0. The van der Waals surface area contributed by atoms with Gasteiger partial charge in [0.15, 0.2) is 0 Å². The van der Waals surface area contributed by atoms with Gasteiger partial charge in [-0.25, -0.2) is 0 Å². The second-order valence-corrected chi connectivity index (χ2v) is 6.06. The van der Waals surface area contributed by atoms with E-state index in [1.54, 1.807) is 18.3 Å². The van der Waals surface area contributed by atoms with Crippen LogP contribution >= 0.6 is 11.6 Å². The van der Waals surface area contributed by atoms with Crippen LogP contribution in [0.5, 0.6) is 0 Å². The molecule has 6 nitrogen and oxygen atoms in total. The highest BCUT2D eigenvalue weighted by molar-refractivity contribution is 6.30. The van der Waals surface area contributed by atoms with Gasteiger partial charge in [-0.3, -0.25) is 10.1 Å². The van der Waals surface area contributed by atoms with E-state index in [1.165, 1.54) is 0 Å². The number of halogens is 1. The molecule has 0 aliphatic carbocycles. The molecule has 1 aromatic heterocycles. The Labute approximate surface area is 145 Å². The SMILES string of the molecule is O=C(COCC1CCCCO1)Nc1oncc1-c1ccc(Cl)cc1. The van der Waals surface area contributed by atoms with Crippen molar-refractivity contribution >= 4 is 23.4 Å². The second kappa shape index (κ2) is 8.28. The van der Waals surface area contributed by atoms with Crippen LogP contribution in [0, 0.1) is 0 Å². The van der Waals surface area contributed by atoms with Gasteiger partial charge in [0.05, 0.1) is 24.5 Å². The van der Waals surface area contributed by atoms with Crippen molar-refractivity contribution in [2.24, 2.45) is 0 Å². The molecule has 1 unspecified atom stereocenters. The Kier molecular flexibility index (Phi) is 5.85. The summed E-state index contributed by atoms with van der Waals surface area (Å²) in [6.07, 6.45) is 4.85. The lowest BCUT2D eigenvalue weighted by Crippen LogP contribution is -2.27. The molecule has 128 valence electrons. The van der Waals surface area contributed by atoms with E-state index in [4.69, 9.17) is 25.6 Å². The summed E-state index contributed by atoms with van der Waals surface area (Å²) in [4.78, 5) is 12.0. The lowest BCUT2D eigenvalue weighted by Gasteiger charge is -2.22. The maximum absolute atomic E-state index is 12.0. The van der Waals surface area contributed by atoms with Crippen molar-refractivity contribution in [1.82, 2.24) is 5.16 Å². The number of nitrogens with zero attached hydrogens (tertiary/aromatic N) is 1. The number of nitrogens with one attached hydrogen (secondary N) is 1. The van der Waals surface area contributed by atoms with E-state index in [0.717, 1.165) is 31.4 Å². The normalized spacial score (nSPS) is 17.6. The van der Waals surface area contributed by atoms with Crippen LogP contribution in [-0.2, 0) is 14.3 Å². The first-order valence-corrected chi connectivity index (χ1v) is 8.30. The largest absolute Gasteiger partial charge is 0.376 e. The van der Waals surface area contributed by atoms with Gasteiger partial charge in [0.2, 0.25) is 5.88 Å². The standard InChI is InChI=1S/C17H19ClN2O4/c18-13-6-4-12(5-7-13)15-9-19-24-17(15)20-16(21)11-22-10-14-3-1-2-8-23-14/h4-7,9,14H,1-3,8,10-11H2,(H,20,21). The van der Waals surface area contributed by atoms with Crippen LogP contribution in [0.1, 0.15) is 19.3 Å². The molecule has 0 spiro atoms. The molecule has 0 saturated carbocycles. The van der Waals surface area contributed by atoms with Gasteiger partial charge in [0.25, 0.3) is 5.91 Å². The van der Waals surface area contributed by atoms with Crippen LogP contribution in [0.15, 0.2) is 35.0 Å². The van der Waals surface area contributed by atoms with Gasteiger partial charge in [-0.2, -0.15) is 0 Å². The summed E-state index contributed by atoms with van der Waals surface area (Å²) in [5.74, 6) is -0.00221. The molecule has 1 N–H and O–H groups in total. The third kappa shape index (κ3) is 4.56. The van der Waals surface area contributed by atoms with Crippen LogP contribution in [-0.4, -0.2) is 37.0 Å². The van der Waals surface area contributed by atoms with Crippen molar-refractivity contribution in [2.75, 3.05) is 25.1 Å². The van der Waals surface area contributed by atoms with Crippen molar-refractivity contribution in [3.63, 3.8) is 0 Å². The molecule has 24 heavy (non-hydrogen) atoms. The molecule has 0 bridgehead atoms. The topological polar surface area (TPSA) is 73.6 Å². The van der Waals surface area contributed by atoms with Gasteiger partial charge in [-0.15, -0.1) is 0 Å². The fourth-order valence-electron chi connectivity index (χ4n) is 2.55. The highest BCUT2D eigenvalue weighted by Crippen LogP contribution is 2.28. The number of anilines is 1. The van der Waals surface area contributed by atoms with Gasteiger partial charge >= 0.3 is 0 Å². The van der Waals surface area contributed by atoms with E-state index in [2.05, 4.69) is 10.5 Å². The van der Waals surface area contributed by atoms with Gasteiger partial charge in [0, 0.05) is 11.6 Å². The first-order valence-electron chi connectivity index (χ1n) is 7.92. The number of aromatic nitrogens is 1. The highest BCUT2D eigenvalue weighted by Gasteiger charge is 2.16. The summed E-state index contributed by atoms with van der Waals surface area (Å²) in [5, 5.41) is 7.06. The number of rotatable bonds is 6. The summed E-state index contributed by atoms with van der Waals surface area (Å²) >= 11 is 5.88. The minimum absolute atomic E-state index is 0.0549. The highest BCUT2D eigenvalue weighted by atomic mass is 35.5. The van der Waals surface area contributed by atoms with Gasteiger partial charge < -0.3 is 14.0 Å². The zero-order valence-electron chi connectivity index (χ0n) is 13.2.